The van der Waals surface area contributed by atoms with E-state index in [9.17, 15) is 13.5 Å². The van der Waals surface area contributed by atoms with E-state index in [1.165, 1.54) is 4.31 Å². The topological polar surface area (TPSA) is 79.3 Å². The molecule has 0 bridgehead atoms. The van der Waals surface area contributed by atoms with Crippen molar-refractivity contribution >= 4 is 10.0 Å². The molecular formula is C18H38N2O5S. The lowest BCUT2D eigenvalue weighted by molar-refractivity contribution is 0.0729. The van der Waals surface area contributed by atoms with Gasteiger partial charge in [-0.05, 0) is 44.8 Å². The SMILES string of the molecule is COCCOCCS(=O)(=O)N(C[C@@H](O)CC(C)(C)C)C1CCN(C)CC1. The van der Waals surface area contributed by atoms with Gasteiger partial charge in [0, 0.05) is 19.7 Å². The van der Waals surface area contributed by atoms with E-state index in [4.69, 9.17) is 9.47 Å². The maximum absolute atomic E-state index is 12.9. The van der Waals surface area contributed by atoms with Crippen LogP contribution in [0.25, 0.3) is 0 Å². The Balaban J connectivity index is 2.75. The van der Waals surface area contributed by atoms with Crippen molar-refractivity contribution in [1.82, 2.24) is 9.21 Å². The van der Waals surface area contributed by atoms with Crippen molar-refractivity contribution < 1.29 is 23.0 Å². The highest BCUT2D eigenvalue weighted by atomic mass is 32.2. The number of likely N-dealkylation sites (tertiary alicyclic amines) is 1. The maximum atomic E-state index is 12.9. The van der Waals surface area contributed by atoms with Crippen molar-refractivity contribution in [1.29, 1.82) is 0 Å². The predicted octanol–water partition coefficient (Wildman–Crippen LogP) is 1.17. The van der Waals surface area contributed by atoms with E-state index >= 15 is 0 Å². The van der Waals surface area contributed by atoms with Crippen LogP contribution in [0.1, 0.15) is 40.0 Å². The monoisotopic (exact) mass is 394 g/mol. The summed E-state index contributed by atoms with van der Waals surface area (Å²) in [5, 5.41) is 10.5. The first-order valence-corrected chi connectivity index (χ1v) is 11.1. The fourth-order valence-electron chi connectivity index (χ4n) is 3.28. The van der Waals surface area contributed by atoms with Crippen LogP contribution in [0.3, 0.4) is 0 Å². The number of piperidine rings is 1. The number of hydrogen-bond donors (Lipinski definition) is 1. The first kappa shape index (κ1) is 23.8. The molecule has 0 radical (unpaired) electrons. The van der Waals surface area contributed by atoms with E-state index < -0.39 is 16.1 Å². The molecule has 0 amide bonds. The quantitative estimate of drug-likeness (QED) is 0.530. The average Bonchev–Trinajstić information content (AvgIpc) is 2.51. The largest absolute Gasteiger partial charge is 0.392 e. The van der Waals surface area contributed by atoms with Crippen LogP contribution < -0.4 is 0 Å². The Kier molecular flexibility index (Phi) is 9.99. The summed E-state index contributed by atoms with van der Waals surface area (Å²) < 4.78 is 37.7. The average molecular weight is 395 g/mol. The van der Waals surface area contributed by atoms with Crippen LogP contribution >= 0.6 is 0 Å². The lowest BCUT2D eigenvalue weighted by atomic mass is 9.89. The third kappa shape index (κ3) is 9.10. The molecule has 1 aliphatic heterocycles. The molecule has 0 saturated carbocycles. The van der Waals surface area contributed by atoms with Gasteiger partial charge < -0.3 is 19.5 Å². The number of aliphatic hydroxyl groups is 1. The molecule has 26 heavy (non-hydrogen) atoms. The van der Waals surface area contributed by atoms with Gasteiger partial charge in [-0.1, -0.05) is 20.8 Å². The van der Waals surface area contributed by atoms with Crippen molar-refractivity contribution in [2.24, 2.45) is 5.41 Å². The van der Waals surface area contributed by atoms with Crippen molar-refractivity contribution in [3.05, 3.63) is 0 Å². The van der Waals surface area contributed by atoms with Gasteiger partial charge in [0.15, 0.2) is 0 Å². The Bertz CT molecular complexity index is 484. The summed E-state index contributed by atoms with van der Waals surface area (Å²) >= 11 is 0. The molecule has 7 nitrogen and oxygen atoms in total. The van der Waals surface area contributed by atoms with Crippen LogP contribution in [0.15, 0.2) is 0 Å². The zero-order valence-electron chi connectivity index (χ0n) is 17.1. The summed E-state index contributed by atoms with van der Waals surface area (Å²) in [5.74, 6) is -0.0642. The molecule has 1 atom stereocenters. The van der Waals surface area contributed by atoms with Gasteiger partial charge in [0.05, 0.1) is 31.7 Å². The lowest BCUT2D eigenvalue weighted by Crippen LogP contribution is -2.50. The van der Waals surface area contributed by atoms with Gasteiger partial charge in [-0.2, -0.15) is 4.31 Å². The molecule has 0 aromatic carbocycles. The van der Waals surface area contributed by atoms with Crippen molar-refractivity contribution in [2.45, 2.75) is 52.2 Å². The maximum Gasteiger partial charge on any atom is 0.216 e. The van der Waals surface area contributed by atoms with Gasteiger partial charge in [0.1, 0.15) is 0 Å². The molecule has 1 aliphatic rings. The van der Waals surface area contributed by atoms with Crippen LogP contribution in [0, 0.1) is 5.41 Å². The van der Waals surface area contributed by atoms with Crippen LogP contribution in [-0.4, -0.2) is 94.2 Å². The highest BCUT2D eigenvalue weighted by Crippen LogP contribution is 2.24. The Morgan fingerprint density at radius 2 is 1.81 bits per heavy atom. The van der Waals surface area contributed by atoms with Gasteiger partial charge >= 0.3 is 0 Å². The van der Waals surface area contributed by atoms with Crippen LogP contribution in [0.2, 0.25) is 0 Å². The molecular weight excluding hydrogens is 356 g/mol. The van der Waals surface area contributed by atoms with Crippen LogP contribution in [0.4, 0.5) is 0 Å². The smallest absolute Gasteiger partial charge is 0.216 e. The minimum absolute atomic E-state index is 0.0507. The highest BCUT2D eigenvalue weighted by Gasteiger charge is 2.34. The molecule has 1 fully saturated rings. The number of methoxy groups -OCH3 is 1. The third-order valence-electron chi connectivity index (χ3n) is 4.61. The number of nitrogens with zero attached hydrogens (tertiary/aromatic N) is 2. The van der Waals surface area contributed by atoms with E-state index in [0.717, 1.165) is 25.9 Å². The standard InChI is InChI=1S/C18H38N2O5S/c1-18(2,3)14-17(21)15-20(16-6-8-19(4)9-7-16)26(22,23)13-12-25-11-10-24-5/h16-17,21H,6-15H2,1-5H3/t17-/m0/s1. The molecule has 0 spiro atoms. The number of ether oxygens (including phenoxy) is 2. The second kappa shape index (κ2) is 10.9. The summed E-state index contributed by atoms with van der Waals surface area (Å²) in [6.45, 7) is 9.02. The summed E-state index contributed by atoms with van der Waals surface area (Å²) in [5.41, 5.74) is -0.0507. The molecule has 0 aliphatic carbocycles. The molecule has 156 valence electrons. The van der Waals surface area contributed by atoms with E-state index in [2.05, 4.69) is 4.90 Å². The summed E-state index contributed by atoms with van der Waals surface area (Å²) in [7, 11) is 0.142. The van der Waals surface area contributed by atoms with Crippen molar-refractivity contribution in [2.75, 3.05) is 59.4 Å². The molecule has 0 aromatic rings. The number of hydrogen-bond acceptors (Lipinski definition) is 6. The Labute approximate surface area is 159 Å². The minimum atomic E-state index is -3.49. The van der Waals surface area contributed by atoms with Crippen molar-refractivity contribution in [3.8, 4) is 0 Å². The molecule has 0 aromatic heterocycles. The van der Waals surface area contributed by atoms with Gasteiger partial charge in [-0.3, -0.25) is 0 Å². The van der Waals surface area contributed by atoms with E-state index in [1.807, 2.05) is 27.8 Å². The molecule has 8 heteroatoms. The second-order valence-electron chi connectivity index (χ2n) is 8.44. The number of sulfonamides is 1. The fraction of sp³-hybridized carbons (Fsp3) is 1.00. The summed E-state index contributed by atoms with van der Waals surface area (Å²) in [6, 6.07) is -0.0511. The first-order valence-electron chi connectivity index (χ1n) is 9.48. The summed E-state index contributed by atoms with van der Waals surface area (Å²) in [4.78, 5) is 2.21. The van der Waals surface area contributed by atoms with Gasteiger partial charge in [0.2, 0.25) is 10.0 Å². The van der Waals surface area contributed by atoms with Gasteiger partial charge in [0.25, 0.3) is 0 Å². The summed E-state index contributed by atoms with van der Waals surface area (Å²) in [6.07, 6.45) is 1.49. The van der Waals surface area contributed by atoms with Crippen molar-refractivity contribution in [3.63, 3.8) is 0 Å². The Hall–Kier alpha value is -0.250. The Morgan fingerprint density at radius 3 is 2.35 bits per heavy atom. The highest BCUT2D eigenvalue weighted by molar-refractivity contribution is 7.89. The van der Waals surface area contributed by atoms with E-state index in [-0.39, 0.29) is 30.4 Å². The first-order chi connectivity index (χ1) is 12.0. The zero-order valence-corrected chi connectivity index (χ0v) is 17.9. The normalized spacial score (nSPS) is 19.2. The minimum Gasteiger partial charge on any atom is -0.392 e. The van der Waals surface area contributed by atoms with Crippen LogP contribution in [0.5, 0.6) is 0 Å². The fourth-order valence-corrected chi connectivity index (χ4v) is 4.90. The van der Waals surface area contributed by atoms with E-state index in [0.29, 0.717) is 19.6 Å². The Morgan fingerprint density at radius 1 is 1.19 bits per heavy atom. The van der Waals surface area contributed by atoms with Crippen LogP contribution in [-0.2, 0) is 19.5 Å². The molecule has 1 heterocycles. The lowest BCUT2D eigenvalue weighted by Gasteiger charge is -2.38. The predicted molar refractivity (Wildman–Crippen MR) is 104 cm³/mol. The third-order valence-corrected chi connectivity index (χ3v) is 6.45. The molecule has 0 unspecified atom stereocenters. The van der Waals surface area contributed by atoms with Gasteiger partial charge in [-0.25, -0.2) is 8.42 Å². The molecule has 1 saturated heterocycles. The molecule has 1 N–H and O–H groups in total. The molecule has 1 rings (SSSR count). The van der Waals surface area contributed by atoms with E-state index in [1.54, 1.807) is 7.11 Å². The number of aliphatic hydroxyl groups excluding tert-OH is 1. The zero-order chi connectivity index (χ0) is 19.8. The second-order valence-corrected chi connectivity index (χ2v) is 10.5. The van der Waals surface area contributed by atoms with Gasteiger partial charge in [-0.15, -0.1) is 0 Å². The number of rotatable bonds is 11.